The van der Waals surface area contributed by atoms with Crippen molar-refractivity contribution in [3.05, 3.63) is 12.8 Å². The quantitative estimate of drug-likeness (QED) is 0.466. The summed E-state index contributed by atoms with van der Waals surface area (Å²) < 4.78 is 15.5. The van der Waals surface area contributed by atoms with Crippen molar-refractivity contribution in [2.24, 2.45) is 0 Å². The van der Waals surface area contributed by atoms with E-state index in [1.807, 2.05) is 0 Å². The summed E-state index contributed by atoms with van der Waals surface area (Å²) in [5.74, 6) is 0. The van der Waals surface area contributed by atoms with E-state index in [9.17, 15) is 4.39 Å². The fourth-order valence-electron chi connectivity index (χ4n) is 0.133. The highest BCUT2D eigenvalue weighted by molar-refractivity contribution is 4.47. The van der Waals surface area contributed by atoms with Crippen LogP contribution in [0.25, 0.3) is 0 Å². The minimum Gasteiger partial charge on any atom is -0.469 e. The normalized spacial score (nSPS) is 13.0. The van der Waals surface area contributed by atoms with Crippen LogP contribution in [0.2, 0.25) is 0 Å². The lowest BCUT2D eigenvalue weighted by molar-refractivity contribution is 0.0425. The topological polar surface area (TPSA) is 9.23 Å². The van der Waals surface area contributed by atoms with Crippen molar-refractivity contribution in [2.45, 2.75) is 13.3 Å². The maximum absolute atomic E-state index is 11.4. The summed E-state index contributed by atoms with van der Waals surface area (Å²) in [4.78, 5) is 0. The van der Waals surface area contributed by atoms with E-state index in [1.54, 1.807) is 0 Å². The molecule has 0 N–H and O–H groups in total. The maximum atomic E-state index is 11.4. The molecule has 1 atom stereocenters. The van der Waals surface area contributed by atoms with Crippen LogP contribution < -0.4 is 0 Å². The van der Waals surface area contributed by atoms with Gasteiger partial charge in [-0.1, -0.05) is 6.58 Å². The zero-order chi connectivity index (χ0) is 4.99. The molecule has 0 heterocycles. The summed E-state index contributed by atoms with van der Waals surface area (Å²) in [7, 11) is 0. The average Bonchev–Trinajstić information content (AvgIpc) is 1.35. The van der Waals surface area contributed by atoms with Crippen LogP contribution >= 0.6 is 0 Å². The Morgan fingerprint density at radius 2 is 2.50 bits per heavy atom. The SMILES string of the molecule is C=COC(C)F. The van der Waals surface area contributed by atoms with E-state index in [0.717, 1.165) is 6.26 Å². The van der Waals surface area contributed by atoms with E-state index in [4.69, 9.17) is 0 Å². The minimum absolute atomic E-state index is 1.07. The zero-order valence-corrected chi connectivity index (χ0v) is 3.65. The molecule has 0 fully saturated rings. The highest BCUT2D eigenvalue weighted by Crippen LogP contribution is 1.87. The number of ether oxygens (including phenoxy) is 1. The Labute approximate surface area is 36.4 Å². The van der Waals surface area contributed by atoms with Crippen LogP contribution in [0.1, 0.15) is 6.92 Å². The van der Waals surface area contributed by atoms with Gasteiger partial charge in [0.25, 0.3) is 0 Å². The predicted octanol–water partition coefficient (Wildman–Crippen LogP) is 1.46. The number of rotatable bonds is 2. The monoisotopic (exact) mass is 90.0 g/mol. The molecule has 0 saturated heterocycles. The van der Waals surface area contributed by atoms with Gasteiger partial charge in [-0.25, -0.2) is 4.39 Å². The fraction of sp³-hybridized carbons (Fsp3) is 0.500. The first-order chi connectivity index (χ1) is 2.77. The molecule has 0 aromatic carbocycles. The van der Waals surface area contributed by atoms with Crippen molar-refractivity contribution in [1.29, 1.82) is 0 Å². The molecule has 0 saturated carbocycles. The standard InChI is InChI=1S/C4H7FO/c1-3-6-4(2)5/h3-4H,1H2,2H3. The van der Waals surface area contributed by atoms with Crippen molar-refractivity contribution < 1.29 is 9.13 Å². The molecule has 0 aromatic heterocycles. The molecule has 0 rings (SSSR count). The summed E-state index contributed by atoms with van der Waals surface area (Å²) in [5.41, 5.74) is 0. The van der Waals surface area contributed by atoms with Gasteiger partial charge in [-0.3, -0.25) is 0 Å². The van der Waals surface area contributed by atoms with Crippen LogP contribution in [0, 0.1) is 0 Å². The van der Waals surface area contributed by atoms with Crippen molar-refractivity contribution in [1.82, 2.24) is 0 Å². The Kier molecular flexibility index (Phi) is 2.46. The van der Waals surface area contributed by atoms with Gasteiger partial charge in [0.1, 0.15) is 0 Å². The van der Waals surface area contributed by atoms with Crippen LogP contribution in [0.15, 0.2) is 12.8 Å². The average molecular weight is 90.1 g/mol. The summed E-state index contributed by atoms with van der Waals surface area (Å²) in [5, 5.41) is 0. The van der Waals surface area contributed by atoms with Crippen molar-refractivity contribution >= 4 is 0 Å². The van der Waals surface area contributed by atoms with E-state index in [0.29, 0.717) is 0 Å². The van der Waals surface area contributed by atoms with Crippen molar-refractivity contribution in [3.63, 3.8) is 0 Å². The van der Waals surface area contributed by atoms with Gasteiger partial charge in [0, 0.05) is 6.92 Å². The van der Waals surface area contributed by atoms with Crippen LogP contribution in [-0.4, -0.2) is 6.36 Å². The maximum Gasteiger partial charge on any atom is 0.234 e. The van der Waals surface area contributed by atoms with Gasteiger partial charge in [-0.15, -0.1) is 0 Å². The molecule has 1 unspecified atom stereocenters. The lowest BCUT2D eigenvalue weighted by Gasteiger charge is -1.95. The van der Waals surface area contributed by atoms with Gasteiger partial charge in [-0.2, -0.15) is 0 Å². The number of alkyl halides is 1. The van der Waals surface area contributed by atoms with E-state index in [1.165, 1.54) is 6.92 Å². The lowest BCUT2D eigenvalue weighted by atomic mass is 10.8. The molecular formula is C4H7FO. The second-order valence-electron chi connectivity index (χ2n) is 0.846. The Morgan fingerprint density at radius 1 is 2.00 bits per heavy atom. The Bertz CT molecular complexity index is 42.8. The summed E-state index contributed by atoms with van der Waals surface area (Å²) in [6.07, 6.45) is -0.146. The van der Waals surface area contributed by atoms with E-state index in [-0.39, 0.29) is 0 Å². The van der Waals surface area contributed by atoms with Crippen molar-refractivity contribution in [3.8, 4) is 0 Å². The molecule has 0 aromatic rings. The molecule has 6 heavy (non-hydrogen) atoms. The zero-order valence-electron chi connectivity index (χ0n) is 3.65. The molecule has 0 aliphatic carbocycles. The highest BCUT2D eigenvalue weighted by atomic mass is 19.1. The van der Waals surface area contributed by atoms with Crippen LogP contribution in [0.5, 0.6) is 0 Å². The summed E-state index contributed by atoms with van der Waals surface area (Å²) >= 11 is 0. The molecule has 0 bridgehead atoms. The van der Waals surface area contributed by atoms with Crippen LogP contribution in [0.4, 0.5) is 4.39 Å². The van der Waals surface area contributed by atoms with E-state index in [2.05, 4.69) is 11.3 Å². The number of halogens is 1. The third-order valence-corrected chi connectivity index (χ3v) is 0.284. The van der Waals surface area contributed by atoms with Gasteiger partial charge in [0.2, 0.25) is 6.36 Å². The first-order valence-corrected chi connectivity index (χ1v) is 1.68. The number of hydrogen-bond donors (Lipinski definition) is 0. The Balaban J connectivity index is 2.81. The van der Waals surface area contributed by atoms with Gasteiger partial charge in [0.05, 0.1) is 6.26 Å². The lowest BCUT2D eigenvalue weighted by Crippen LogP contribution is -1.90. The number of hydrogen-bond acceptors (Lipinski definition) is 1. The molecule has 0 radical (unpaired) electrons. The molecule has 0 spiro atoms. The molecule has 2 heteroatoms. The molecule has 36 valence electrons. The Morgan fingerprint density at radius 3 is 2.50 bits per heavy atom. The van der Waals surface area contributed by atoms with Gasteiger partial charge in [0.15, 0.2) is 0 Å². The van der Waals surface area contributed by atoms with E-state index < -0.39 is 6.36 Å². The molecule has 0 aliphatic rings. The molecule has 0 aliphatic heterocycles. The first kappa shape index (κ1) is 5.47. The van der Waals surface area contributed by atoms with Crippen LogP contribution in [-0.2, 0) is 4.74 Å². The third kappa shape index (κ3) is 3.47. The predicted molar refractivity (Wildman–Crippen MR) is 21.9 cm³/mol. The third-order valence-electron chi connectivity index (χ3n) is 0.284. The largest absolute Gasteiger partial charge is 0.469 e. The molecular weight excluding hydrogens is 83.0 g/mol. The smallest absolute Gasteiger partial charge is 0.234 e. The highest BCUT2D eigenvalue weighted by Gasteiger charge is 1.86. The van der Waals surface area contributed by atoms with Gasteiger partial charge in [-0.05, 0) is 0 Å². The van der Waals surface area contributed by atoms with Gasteiger partial charge >= 0.3 is 0 Å². The summed E-state index contributed by atoms with van der Waals surface area (Å²) in [6.45, 7) is 4.43. The molecule has 0 amide bonds. The second-order valence-corrected chi connectivity index (χ2v) is 0.846. The van der Waals surface area contributed by atoms with E-state index >= 15 is 0 Å². The summed E-state index contributed by atoms with van der Waals surface area (Å²) in [6, 6.07) is 0. The van der Waals surface area contributed by atoms with Crippen molar-refractivity contribution in [2.75, 3.05) is 0 Å². The van der Waals surface area contributed by atoms with Crippen LogP contribution in [0.3, 0.4) is 0 Å². The van der Waals surface area contributed by atoms with Gasteiger partial charge < -0.3 is 4.74 Å². The Hall–Kier alpha value is -0.530. The minimum atomic E-state index is -1.22. The second kappa shape index (κ2) is 2.69. The molecule has 1 nitrogen and oxygen atoms in total. The first-order valence-electron chi connectivity index (χ1n) is 1.68. The fourth-order valence-corrected chi connectivity index (χ4v) is 0.133.